The highest BCUT2D eigenvalue weighted by Crippen LogP contribution is 2.34. The summed E-state index contributed by atoms with van der Waals surface area (Å²) in [7, 11) is 0. The number of nitrogens with zero attached hydrogens (tertiary/aromatic N) is 4. The van der Waals surface area contributed by atoms with E-state index in [0.717, 1.165) is 18.0 Å². The SMILES string of the molecule is O=C(NC1COC2C1OCC2n1cc(CC2CCCCC2)nn1)c1ccno1. The van der Waals surface area contributed by atoms with Gasteiger partial charge in [-0.1, -0.05) is 42.5 Å². The summed E-state index contributed by atoms with van der Waals surface area (Å²) in [5.74, 6) is 0.598. The second-order valence-corrected chi connectivity index (χ2v) is 8.02. The fourth-order valence-corrected chi connectivity index (χ4v) is 4.66. The number of ether oxygens (including phenoxy) is 2. The first-order valence-corrected chi connectivity index (χ1v) is 10.1. The molecule has 4 unspecified atom stereocenters. The summed E-state index contributed by atoms with van der Waals surface area (Å²) in [6, 6.07) is 1.28. The van der Waals surface area contributed by atoms with Gasteiger partial charge in [0.2, 0.25) is 5.76 Å². The van der Waals surface area contributed by atoms with Crippen LogP contribution in [0.4, 0.5) is 0 Å². The molecular weight excluding hydrogens is 362 g/mol. The molecule has 0 radical (unpaired) electrons. The quantitative estimate of drug-likeness (QED) is 0.829. The molecular formula is C19H25N5O4. The molecule has 4 atom stereocenters. The highest BCUT2D eigenvalue weighted by atomic mass is 16.6. The topological polar surface area (TPSA) is 104 Å². The lowest BCUT2D eigenvalue weighted by Crippen LogP contribution is -2.44. The molecule has 1 aliphatic carbocycles. The van der Waals surface area contributed by atoms with Crippen LogP contribution in [-0.4, -0.2) is 57.5 Å². The lowest BCUT2D eigenvalue weighted by molar-refractivity contribution is 0.0611. The molecule has 0 aromatic carbocycles. The predicted molar refractivity (Wildman–Crippen MR) is 96.6 cm³/mol. The molecule has 9 nitrogen and oxygen atoms in total. The number of carbonyl (C=O) groups is 1. The van der Waals surface area contributed by atoms with Crippen molar-refractivity contribution in [3.63, 3.8) is 0 Å². The van der Waals surface area contributed by atoms with Crippen LogP contribution in [-0.2, 0) is 15.9 Å². The van der Waals surface area contributed by atoms with Crippen molar-refractivity contribution in [1.29, 1.82) is 0 Å². The molecule has 1 saturated carbocycles. The van der Waals surface area contributed by atoms with E-state index < -0.39 is 0 Å². The average Bonchev–Trinajstić information content (AvgIpc) is 3.49. The van der Waals surface area contributed by atoms with E-state index in [1.807, 2.05) is 10.9 Å². The monoisotopic (exact) mass is 387 g/mol. The van der Waals surface area contributed by atoms with Crippen molar-refractivity contribution in [2.75, 3.05) is 13.2 Å². The molecule has 0 spiro atoms. The molecule has 3 aliphatic rings. The summed E-state index contributed by atoms with van der Waals surface area (Å²) in [6.07, 6.45) is 10.7. The second kappa shape index (κ2) is 7.63. The number of fused-ring (bicyclic) bond motifs is 1. The van der Waals surface area contributed by atoms with E-state index in [0.29, 0.717) is 13.2 Å². The van der Waals surface area contributed by atoms with Gasteiger partial charge >= 0.3 is 0 Å². The standard InChI is InChI=1S/C19H25N5O4/c25-19(16-6-7-20-28-16)21-14-10-26-18-15(11-27-17(14)18)24-9-13(22-23-24)8-12-4-2-1-3-5-12/h6-7,9,12,14-15,17-18H,1-5,8,10-11H2,(H,21,25). The van der Waals surface area contributed by atoms with E-state index >= 15 is 0 Å². The first kappa shape index (κ1) is 17.8. The van der Waals surface area contributed by atoms with Crippen LogP contribution in [0.5, 0.6) is 0 Å². The van der Waals surface area contributed by atoms with Crippen molar-refractivity contribution in [3.05, 3.63) is 29.9 Å². The van der Waals surface area contributed by atoms with E-state index in [9.17, 15) is 4.79 Å². The van der Waals surface area contributed by atoms with E-state index in [-0.39, 0.29) is 36.0 Å². The predicted octanol–water partition coefficient (Wildman–Crippen LogP) is 1.53. The van der Waals surface area contributed by atoms with Gasteiger partial charge in [0, 0.05) is 12.3 Å². The molecule has 1 N–H and O–H groups in total. The maximum absolute atomic E-state index is 12.2. The highest BCUT2D eigenvalue weighted by Gasteiger charge is 2.49. The van der Waals surface area contributed by atoms with Gasteiger partial charge in [-0.3, -0.25) is 4.79 Å². The van der Waals surface area contributed by atoms with E-state index in [2.05, 4.69) is 20.8 Å². The number of hydrogen-bond acceptors (Lipinski definition) is 7. The molecule has 3 fully saturated rings. The van der Waals surface area contributed by atoms with Crippen LogP contribution in [0.25, 0.3) is 0 Å². The van der Waals surface area contributed by atoms with Crippen LogP contribution in [0.3, 0.4) is 0 Å². The van der Waals surface area contributed by atoms with E-state index in [4.69, 9.17) is 14.0 Å². The molecule has 0 bridgehead atoms. The largest absolute Gasteiger partial charge is 0.371 e. The Kier molecular flexibility index (Phi) is 4.86. The van der Waals surface area contributed by atoms with Crippen molar-refractivity contribution >= 4 is 5.91 Å². The lowest BCUT2D eigenvalue weighted by atomic mass is 9.86. The molecule has 9 heteroatoms. The van der Waals surface area contributed by atoms with Crippen LogP contribution in [0.2, 0.25) is 0 Å². The minimum absolute atomic E-state index is 0.0233. The first-order chi connectivity index (χ1) is 13.8. The molecule has 2 aliphatic heterocycles. The second-order valence-electron chi connectivity index (χ2n) is 8.02. The number of carbonyl (C=O) groups excluding carboxylic acids is 1. The molecule has 2 aromatic heterocycles. The van der Waals surface area contributed by atoms with E-state index in [1.165, 1.54) is 44.4 Å². The van der Waals surface area contributed by atoms with Gasteiger partial charge in [-0.15, -0.1) is 5.10 Å². The summed E-state index contributed by atoms with van der Waals surface area (Å²) in [6.45, 7) is 0.894. The minimum Gasteiger partial charge on any atom is -0.371 e. The van der Waals surface area contributed by atoms with Crippen LogP contribution < -0.4 is 5.32 Å². The van der Waals surface area contributed by atoms with Gasteiger partial charge in [0.05, 0.1) is 31.1 Å². The number of hydrogen-bond donors (Lipinski definition) is 1. The Balaban J connectivity index is 1.21. The van der Waals surface area contributed by atoms with Crippen molar-refractivity contribution < 1.29 is 18.8 Å². The van der Waals surface area contributed by atoms with Crippen LogP contribution in [0.15, 0.2) is 23.0 Å². The summed E-state index contributed by atoms with van der Waals surface area (Å²) in [5.41, 5.74) is 1.04. The Hall–Kier alpha value is -2.26. The average molecular weight is 387 g/mol. The zero-order chi connectivity index (χ0) is 18.9. The smallest absolute Gasteiger partial charge is 0.290 e. The van der Waals surface area contributed by atoms with Gasteiger partial charge in [0.1, 0.15) is 18.2 Å². The summed E-state index contributed by atoms with van der Waals surface area (Å²) in [4.78, 5) is 12.2. The molecule has 1 amide bonds. The molecule has 150 valence electrons. The zero-order valence-corrected chi connectivity index (χ0v) is 15.7. The van der Waals surface area contributed by atoms with Gasteiger partial charge in [-0.05, 0) is 12.3 Å². The van der Waals surface area contributed by atoms with Crippen molar-refractivity contribution in [1.82, 2.24) is 25.5 Å². The van der Waals surface area contributed by atoms with Crippen molar-refractivity contribution in [3.8, 4) is 0 Å². The number of aromatic nitrogens is 4. The maximum Gasteiger partial charge on any atom is 0.290 e. The van der Waals surface area contributed by atoms with Gasteiger partial charge in [0.25, 0.3) is 5.91 Å². The van der Waals surface area contributed by atoms with Gasteiger partial charge in [-0.25, -0.2) is 4.68 Å². The van der Waals surface area contributed by atoms with Gasteiger partial charge in [-0.2, -0.15) is 0 Å². The third kappa shape index (κ3) is 3.44. The van der Waals surface area contributed by atoms with Crippen LogP contribution in [0, 0.1) is 5.92 Å². The number of nitrogens with one attached hydrogen (secondary N) is 1. The molecule has 2 aromatic rings. The third-order valence-electron chi connectivity index (χ3n) is 6.13. The Morgan fingerprint density at radius 3 is 2.86 bits per heavy atom. The first-order valence-electron chi connectivity index (χ1n) is 10.1. The normalized spacial score (nSPS) is 30.4. The molecule has 4 heterocycles. The summed E-state index contributed by atoms with van der Waals surface area (Å²) >= 11 is 0. The minimum atomic E-state index is -0.311. The Morgan fingerprint density at radius 1 is 1.18 bits per heavy atom. The van der Waals surface area contributed by atoms with E-state index in [1.54, 1.807) is 0 Å². The molecule has 5 rings (SSSR count). The summed E-state index contributed by atoms with van der Waals surface area (Å²) in [5, 5.41) is 15.2. The summed E-state index contributed by atoms with van der Waals surface area (Å²) < 4.78 is 18.7. The van der Waals surface area contributed by atoms with Gasteiger partial charge < -0.3 is 19.3 Å². The lowest BCUT2D eigenvalue weighted by Gasteiger charge is -2.20. The molecule has 2 saturated heterocycles. The maximum atomic E-state index is 12.2. The Morgan fingerprint density at radius 2 is 2.04 bits per heavy atom. The Bertz CT molecular complexity index is 801. The van der Waals surface area contributed by atoms with Gasteiger partial charge in [0.15, 0.2) is 0 Å². The van der Waals surface area contributed by atoms with Crippen molar-refractivity contribution in [2.45, 2.75) is 62.8 Å². The number of amides is 1. The Labute approximate surface area is 162 Å². The fraction of sp³-hybridized carbons (Fsp3) is 0.684. The van der Waals surface area contributed by atoms with Crippen molar-refractivity contribution in [2.24, 2.45) is 5.92 Å². The molecule has 28 heavy (non-hydrogen) atoms. The fourth-order valence-electron chi connectivity index (χ4n) is 4.66. The number of rotatable bonds is 5. The van der Waals surface area contributed by atoms with Crippen LogP contribution >= 0.6 is 0 Å². The third-order valence-corrected chi connectivity index (χ3v) is 6.13. The highest BCUT2D eigenvalue weighted by molar-refractivity contribution is 5.91. The van der Waals surface area contributed by atoms with Crippen LogP contribution in [0.1, 0.15) is 54.4 Å². The zero-order valence-electron chi connectivity index (χ0n) is 15.7.